The Hall–Kier alpha value is -1.34. The number of aromatic nitrogens is 1. The average Bonchev–Trinajstić information content (AvgIpc) is 2.79. The van der Waals surface area contributed by atoms with Gasteiger partial charge in [0.1, 0.15) is 0 Å². The Balaban J connectivity index is 0.00000363. The fourth-order valence-electron chi connectivity index (χ4n) is 4.26. The SMILES string of the molecule is CN=C(NCc1ccc(OCC(F)(F)F)nc1)NCC1(N2CCOCC2)CCCCC1.I. The van der Waals surface area contributed by atoms with Crippen molar-refractivity contribution in [3.8, 4) is 5.88 Å². The van der Waals surface area contributed by atoms with E-state index in [0.717, 1.165) is 38.4 Å². The highest BCUT2D eigenvalue weighted by molar-refractivity contribution is 14.0. The molecule has 1 saturated carbocycles. The number of ether oxygens (including phenoxy) is 2. The molecule has 1 saturated heterocycles. The van der Waals surface area contributed by atoms with E-state index in [0.29, 0.717) is 12.5 Å². The van der Waals surface area contributed by atoms with Crippen LogP contribution in [-0.4, -0.2) is 74.1 Å². The Morgan fingerprint density at radius 1 is 1.19 bits per heavy atom. The van der Waals surface area contributed by atoms with Gasteiger partial charge >= 0.3 is 6.18 Å². The Morgan fingerprint density at radius 3 is 2.50 bits per heavy atom. The van der Waals surface area contributed by atoms with E-state index in [1.807, 2.05) is 0 Å². The van der Waals surface area contributed by atoms with E-state index in [2.05, 4.69) is 30.2 Å². The Bertz CT molecular complexity index is 706. The largest absolute Gasteiger partial charge is 0.468 e. The number of aliphatic imine (C=N–C) groups is 1. The minimum absolute atomic E-state index is 0. The number of guanidine groups is 1. The molecule has 1 aromatic rings. The molecule has 11 heteroatoms. The van der Waals surface area contributed by atoms with Crippen LogP contribution in [0.4, 0.5) is 13.2 Å². The summed E-state index contributed by atoms with van der Waals surface area (Å²) in [5.74, 6) is 0.643. The van der Waals surface area contributed by atoms with Crippen molar-refractivity contribution in [2.75, 3.05) is 46.5 Å². The van der Waals surface area contributed by atoms with Crippen LogP contribution < -0.4 is 15.4 Å². The number of nitrogens with zero attached hydrogens (tertiary/aromatic N) is 3. The zero-order valence-corrected chi connectivity index (χ0v) is 20.7. The first-order valence-electron chi connectivity index (χ1n) is 10.8. The standard InChI is InChI=1S/C21H32F3N5O2.HI/c1-25-19(27-14-17-5-6-18(26-13-17)31-16-21(22,23)24)28-15-20(7-3-2-4-8-20)29-9-11-30-12-10-29;/h5-6,13H,2-4,7-12,14-16H2,1H3,(H2,25,27,28);1H. The quantitative estimate of drug-likeness (QED) is 0.298. The lowest BCUT2D eigenvalue weighted by Gasteiger charge is -2.48. The molecule has 0 radical (unpaired) electrons. The van der Waals surface area contributed by atoms with Gasteiger partial charge in [-0.3, -0.25) is 9.89 Å². The molecule has 0 spiro atoms. The fraction of sp³-hybridized carbons (Fsp3) is 0.714. The van der Waals surface area contributed by atoms with Gasteiger partial charge in [0.2, 0.25) is 5.88 Å². The second-order valence-electron chi connectivity index (χ2n) is 8.07. The molecule has 2 heterocycles. The molecular weight excluding hydrogens is 538 g/mol. The maximum absolute atomic E-state index is 12.2. The molecule has 1 aliphatic carbocycles. The van der Waals surface area contributed by atoms with E-state index in [4.69, 9.17) is 4.74 Å². The summed E-state index contributed by atoms with van der Waals surface area (Å²) in [6.45, 7) is 3.41. The number of pyridine rings is 1. The zero-order valence-electron chi connectivity index (χ0n) is 18.4. The van der Waals surface area contributed by atoms with Gasteiger partial charge in [-0.1, -0.05) is 25.3 Å². The number of hydrogen-bond acceptors (Lipinski definition) is 5. The highest BCUT2D eigenvalue weighted by Gasteiger charge is 2.38. The summed E-state index contributed by atoms with van der Waals surface area (Å²) in [6.07, 6.45) is 3.22. The van der Waals surface area contributed by atoms with Crippen molar-refractivity contribution in [1.29, 1.82) is 0 Å². The minimum Gasteiger partial charge on any atom is -0.468 e. The highest BCUT2D eigenvalue weighted by atomic mass is 127. The Kier molecular flexibility index (Phi) is 10.7. The van der Waals surface area contributed by atoms with Crippen LogP contribution in [0, 0.1) is 0 Å². The Labute approximate surface area is 204 Å². The molecule has 0 atom stereocenters. The maximum Gasteiger partial charge on any atom is 0.422 e. The summed E-state index contributed by atoms with van der Waals surface area (Å²) in [6, 6.07) is 3.13. The van der Waals surface area contributed by atoms with E-state index in [1.54, 1.807) is 13.1 Å². The van der Waals surface area contributed by atoms with Crippen molar-refractivity contribution >= 4 is 29.9 Å². The van der Waals surface area contributed by atoms with Crippen LogP contribution in [0.15, 0.2) is 23.3 Å². The second kappa shape index (κ2) is 12.8. The van der Waals surface area contributed by atoms with Gasteiger partial charge in [-0.2, -0.15) is 13.2 Å². The van der Waals surface area contributed by atoms with Gasteiger partial charge in [0.25, 0.3) is 0 Å². The first-order chi connectivity index (χ1) is 14.9. The third kappa shape index (κ3) is 8.22. The average molecular weight is 571 g/mol. The van der Waals surface area contributed by atoms with E-state index in [9.17, 15) is 13.2 Å². The summed E-state index contributed by atoms with van der Waals surface area (Å²) >= 11 is 0. The van der Waals surface area contributed by atoms with Gasteiger partial charge in [0, 0.05) is 51.0 Å². The van der Waals surface area contributed by atoms with Crippen molar-refractivity contribution in [3.63, 3.8) is 0 Å². The topological polar surface area (TPSA) is 71.0 Å². The molecule has 1 aliphatic heterocycles. The highest BCUT2D eigenvalue weighted by Crippen LogP contribution is 2.33. The summed E-state index contributed by atoms with van der Waals surface area (Å²) in [5, 5.41) is 6.74. The van der Waals surface area contributed by atoms with Crippen molar-refractivity contribution in [1.82, 2.24) is 20.5 Å². The molecule has 0 amide bonds. The molecule has 0 unspecified atom stereocenters. The van der Waals surface area contributed by atoms with Crippen LogP contribution in [0.2, 0.25) is 0 Å². The first-order valence-corrected chi connectivity index (χ1v) is 10.8. The predicted octanol–water partition coefficient (Wildman–Crippen LogP) is 3.34. The lowest BCUT2D eigenvalue weighted by molar-refractivity contribution is -0.154. The number of morpholine rings is 1. The number of halogens is 4. The molecule has 1 aromatic heterocycles. The molecule has 182 valence electrons. The first kappa shape index (κ1) is 26.9. The van der Waals surface area contributed by atoms with Gasteiger partial charge in [0.05, 0.1) is 13.2 Å². The summed E-state index contributed by atoms with van der Waals surface area (Å²) < 4.78 is 46.9. The smallest absolute Gasteiger partial charge is 0.422 e. The molecule has 2 fully saturated rings. The van der Waals surface area contributed by atoms with Crippen LogP contribution in [0.1, 0.15) is 37.7 Å². The fourth-order valence-corrected chi connectivity index (χ4v) is 4.26. The van der Waals surface area contributed by atoms with Gasteiger partial charge < -0.3 is 20.1 Å². The molecular formula is C21H33F3IN5O2. The van der Waals surface area contributed by atoms with Gasteiger partial charge in [-0.05, 0) is 18.4 Å². The summed E-state index contributed by atoms with van der Waals surface area (Å²) in [5.41, 5.74) is 0.946. The lowest BCUT2D eigenvalue weighted by Crippen LogP contribution is -2.60. The lowest BCUT2D eigenvalue weighted by atomic mass is 9.80. The maximum atomic E-state index is 12.2. The van der Waals surface area contributed by atoms with E-state index < -0.39 is 12.8 Å². The number of hydrogen-bond donors (Lipinski definition) is 2. The van der Waals surface area contributed by atoms with Crippen molar-refractivity contribution in [2.45, 2.75) is 50.4 Å². The number of nitrogens with one attached hydrogen (secondary N) is 2. The molecule has 32 heavy (non-hydrogen) atoms. The summed E-state index contributed by atoms with van der Waals surface area (Å²) in [7, 11) is 1.73. The van der Waals surface area contributed by atoms with Crippen LogP contribution in [0.3, 0.4) is 0 Å². The van der Waals surface area contributed by atoms with Crippen molar-refractivity contribution < 1.29 is 22.6 Å². The molecule has 0 bridgehead atoms. The number of rotatable bonds is 7. The van der Waals surface area contributed by atoms with Gasteiger partial charge in [-0.25, -0.2) is 4.98 Å². The third-order valence-electron chi connectivity index (χ3n) is 5.92. The summed E-state index contributed by atoms with van der Waals surface area (Å²) in [4.78, 5) is 10.8. The van der Waals surface area contributed by atoms with Crippen LogP contribution >= 0.6 is 24.0 Å². The number of alkyl halides is 3. The van der Waals surface area contributed by atoms with E-state index in [1.165, 1.54) is 44.4 Å². The van der Waals surface area contributed by atoms with Gasteiger partial charge in [-0.15, -0.1) is 24.0 Å². The van der Waals surface area contributed by atoms with Crippen LogP contribution in [-0.2, 0) is 11.3 Å². The molecule has 2 aliphatic rings. The predicted molar refractivity (Wildman–Crippen MR) is 128 cm³/mol. The Morgan fingerprint density at radius 2 is 1.91 bits per heavy atom. The van der Waals surface area contributed by atoms with E-state index in [-0.39, 0.29) is 35.4 Å². The van der Waals surface area contributed by atoms with Crippen LogP contribution in [0.5, 0.6) is 5.88 Å². The monoisotopic (exact) mass is 571 g/mol. The second-order valence-corrected chi connectivity index (χ2v) is 8.07. The normalized spacial score (nSPS) is 19.7. The molecule has 0 aromatic carbocycles. The van der Waals surface area contributed by atoms with E-state index >= 15 is 0 Å². The third-order valence-corrected chi connectivity index (χ3v) is 5.92. The van der Waals surface area contributed by atoms with Crippen LogP contribution in [0.25, 0.3) is 0 Å². The van der Waals surface area contributed by atoms with Gasteiger partial charge in [0.15, 0.2) is 12.6 Å². The van der Waals surface area contributed by atoms with Crippen molar-refractivity contribution in [2.24, 2.45) is 4.99 Å². The molecule has 2 N–H and O–H groups in total. The minimum atomic E-state index is -4.38. The molecule has 3 rings (SSSR count). The molecule has 7 nitrogen and oxygen atoms in total. The zero-order chi connectivity index (χ0) is 22.2. The van der Waals surface area contributed by atoms with Crippen molar-refractivity contribution in [3.05, 3.63) is 23.9 Å².